The quantitative estimate of drug-likeness (QED) is 0.936. The maximum Gasteiger partial charge on any atom is 0.0837 e. The van der Waals surface area contributed by atoms with Crippen LogP contribution in [-0.4, -0.2) is 9.78 Å². The van der Waals surface area contributed by atoms with Gasteiger partial charge in [-0.05, 0) is 31.0 Å². The highest BCUT2D eigenvalue weighted by Gasteiger charge is 2.18. The molecule has 3 nitrogen and oxygen atoms in total. The number of hydrogen-bond donors (Lipinski definition) is 1. The van der Waals surface area contributed by atoms with Crippen molar-refractivity contribution in [2.24, 2.45) is 5.73 Å². The molecule has 2 N–H and O–H groups in total. The van der Waals surface area contributed by atoms with Gasteiger partial charge in [-0.3, -0.25) is 4.68 Å². The molecule has 1 atom stereocenters. The SMILES string of the molecule is CCn1ncc(Cl)c1C(N)c1ccc(C)c(Cl)c1. The van der Waals surface area contributed by atoms with Gasteiger partial charge in [0.05, 0.1) is 23.0 Å². The fourth-order valence-corrected chi connectivity index (χ4v) is 2.34. The fraction of sp³-hybridized carbons (Fsp3) is 0.308. The highest BCUT2D eigenvalue weighted by Crippen LogP contribution is 2.28. The molecule has 2 rings (SSSR count). The molecule has 0 fully saturated rings. The number of benzene rings is 1. The van der Waals surface area contributed by atoms with Gasteiger partial charge in [0.15, 0.2) is 0 Å². The van der Waals surface area contributed by atoms with E-state index in [2.05, 4.69) is 5.10 Å². The van der Waals surface area contributed by atoms with Gasteiger partial charge in [0.1, 0.15) is 0 Å². The molecule has 0 aliphatic carbocycles. The van der Waals surface area contributed by atoms with Gasteiger partial charge in [0.2, 0.25) is 0 Å². The maximum absolute atomic E-state index is 6.25. The lowest BCUT2D eigenvalue weighted by molar-refractivity contribution is 0.601. The zero-order valence-corrected chi connectivity index (χ0v) is 11.8. The van der Waals surface area contributed by atoms with Crippen LogP contribution in [-0.2, 0) is 6.54 Å². The zero-order valence-electron chi connectivity index (χ0n) is 10.3. The summed E-state index contributed by atoms with van der Waals surface area (Å²) in [5.74, 6) is 0. The number of aryl methyl sites for hydroxylation is 2. The first-order chi connectivity index (χ1) is 8.54. The number of aromatic nitrogens is 2. The molecule has 0 aliphatic heterocycles. The van der Waals surface area contributed by atoms with E-state index in [1.165, 1.54) is 0 Å². The van der Waals surface area contributed by atoms with Crippen LogP contribution in [0.3, 0.4) is 0 Å². The third-order valence-electron chi connectivity index (χ3n) is 2.98. The Kier molecular flexibility index (Phi) is 3.95. The lowest BCUT2D eigenvalue weighted by Gasteiger charge is -2.15. The Morgan fingerprint density at radius 2 is 2.06 bits per heavy atom. The van der Waals surface area contributed by atoms with Crippen molar-refractivity contribution >= 4 is 23.2 Å². The van der Waals surface area contributed by atoms with Crippen LogP contribution in [0.15, 0.2) is 24.4 Å². The maximum atomic E-state index is 6.25. The Hall–Kier alpha value is -1.03. The topological polar surface area (TPSA) is 43.8 Å². The van der Waals surface area contributed by atoms with Crippen molar-refractivity contribution in [1.82, 2.24) is 9.78 Å². The van der Waals surface area contributed by atoms with E-state index < -0.39 is 0 Å². The van der Waals surface area contributed by atoms with Gasteiger partial charge in [-0.15, -0.1) is 0 Å². The molecular weight excluding hydrogens is 269 g/mol. The Morgan fingerprint density at radius 3 is 2.67 bits per heavy atom. The van der Waals surface area contributed by atoms with E-state index >= 15 is 0 Å². The number of rotatable bonds is 3. The van der Waals surface area contributed by atoms with E-state index in [0.717, 1.165) is 23.4 Å². The van der Waals surface area contributed by atoms with Crippen LogP contribution < -0.4 is 5.73 Å². The van der Waals surface area contributed by atoms with Crippen LogP contribution in [0, 0.1) is 6.92 Å². The molecule has 1 aromatic carbocycles. The predicted molar refractivity (Wildman–Crippen MR) is 75.1 cm³/mol. The average Bonchev–Trinajstić information content (AvgIpc) is 2.73. The summed E-state index contributed by atoms with van der Waals surface area (Å²) in [6, 6.07) is 5.48. The second kappa shape index (κ2) is 5.31. The number of nitrogens with two attached hydrogens (primary N) is 1. The molecular formula is C13H15Cl2N3. The fourth-order valence-electron chi connectivity index (χ4n) is 1.89. The number of halogens is 2. The summed E-state index contributed by atoms with van der Waals surface area (Å²) in [6.45, 7) is 4.69. The molecule has 0 aliphatic rings. The molecule has 0 saturated heterocycles. The predicted octanol–water partition coefficient (Wildman–Crippen LogP) is 3.57. The second-order valence-electron chi connectivity index (χ2n) is 4.18. The third kappa shape index (κ3) is 2.39. The molecule has 0 bridgehead atoms. The molecule has 1 heterocycles. The van der Waals surface area contributed by atoms with Crippen molar-refractivity contribution in [2.45, 2.75) is 26.4 Å². The minimum atomic E-state index is -0.321. The van der Waals surface area contributed by atoms with Gasteiger partial charge in [0, 0.05) is 11.6 Å². The summed E-state index contributed by atoms with van der Waals surface area (Å²) in [4.78, 5) is 0. The molecule has 2 aromatic rings. The Balaban J connectivity index is 2.44. The first-order valence-electron chi connectivity index (χ1n) is 5.77. The smallest absolute Gasteiger partial charge is 0.0837 e. The lowest BCUT2D eigenvalue weighted by Crippen LogP contribution is -2.17. The normalized spacial score (nSPS) is 12.7. The minimum absolute atomic E-state index is 0.321. The Bertz CT molecular complexity index is 563. The van der Waals surface area contributed by atoms with Crippen LogP contribution >= 0.6 is 23.2 Å². The van der Waals surface area contributed by atoms with Crippen molar-refractivity contribution < 1.29 is 0 Å². The number of hydrogen-bond acceptors (Lipinski definition) is 2. The van der Waals surface area contributed by atoms with Gasteiger partial charge in [0.25, 0.3) is 0 Å². The summed E-state index contributed by atoms with van der Waals surface area (Å²) >= 11 is 12.3. The molecule has 96 valence electrons. The lowest BCUT2D eigenvalue weighted by atomic mass is 10.0. The van der Waals surface area contributed by atoms with Crippen LogP contribution in [0.2, 0.25) is 10.0 Å². The molecule has 1 unspecified atom stereocenters. The van der Waals surface area contributed by atoms with Gasteiger partial charge >= 0.3 is 0 Å². The summed E-state index contributed by atoms with van der Waals surface area (Å²) < 4.78 is 1.81. The van der Waals surface area contributed by atoms with Crippen LogP contribution in [0.5, 0.6) is 0 Å². The summed E-state index contributed by atoms with van der Waals surface area (Å²) in [6.07, 6.45) is 1.62. The summed E-state index contributed by atoms with van der Waals surface area (Å²) in [7, 11) is 0. The molecule has 0 saturated carbocycles. The van der Waals surface area contributed by atoms with Crippen LogP contribution in [0.1, 0.15) is 29.8 Å². The first kappa shape index (κ1) is 13.4. The zero-order chi connectivity index (χ0) is 13.3. The van der Waals surface area contributed by atoms with Gasteiger partial charge in [-0.25, -0.2) is 0 Å². The summed E-state index contributed by atoms with van der Waals surface area (Å²) in [5, 5.41) is 5.49. The second-order valence-corrected chi connectivity index (χ2v) is 4.99. The van der Waals surface area contributed by atoms with Gasteiger partial charge in [-0.1, -0.05) is 35.3 Å². The molecule has 0 spiro atoms. The van der Waals surface area contributed by atoms with Crippen molar-refractivity contribution in [3.8, 4) is 0 Å². The minimum Gasteiger partial charge on any atom is -0.319 e. The largest absolute Gasteiger partial charge is 0.319 e. The van der Waals surface area contributed by atoms with E-state index in [1.54, 1.807) is 10.9 Å². The van der Waals surface area contributed by atoms with Crippen molar-refractivity contribution in [3.05, 3.63) is 51.3 Å². The third-order valence-corrected chi connectivity index (χ3v) is 3.68. The highest BCUT2D eigenvalue weighted by molar-refractivity contribution is 6.31. The molecule has 0 radical (unpaired) electrons. The van der Waals surface area contributed by atoms with Gasteiger partial charge in [-0.2, -0.15) is 5.10 Å². The highest BCUT2D eigenvalue weighted by atomic mass is 35.5. The Labute approximate surface area is 117 Å². The van der Waals surface area contributed by atoms with Crippen LogP contribution in [0.25, 0.3) is 0 Å². The Morgan fingerprint density at radius 1 is 1.33 bits per heavy atom. The van der Waals surface area contributed by atoms with Crippen molar-refractivity contribution in [1.29, 1.82) is 0 Å². The first-order valence-corrected chi connectivity index (χ1v) is 6.53. The molecule has 0 amide bonds. The van der Waals surface area contributed by atoms with Crippen molar-refractivity contribution in [2.75, 3.05) is 0 Å². The number of nitrogens with zero attached hydrogens (tertiary/aromatic N) is 2. The average molecular weight is 284 g/mol. The van der Waals surface area contributed by atoms with Crippen LogP contribution in [0.4, 0.5) is 0 Å². The molecule has 1 aromatic heterocycles. The molecule has 18 heavy (non-hydrogen) atoms. The molecule has 5 heteroatoms. The van der Waals surface area contributed by atoms with Gasteiger partial charge < -0.3 is 5.73 Å². The standard InChI is InChI=1S/C13H15Cl2N3/c1-3-18-13(11(15)7-17-18)12(16)9-5-4-8(2)10(14)6-9/h4-7,12H,3,16H2,1-2H3. The van der Waals surface area contributed by atoms with E-state index in [9.17, 15) is 0 Å². The van der Waals surface area contributed by atoms with Crippen molar-refractivity contribution in [3.63, 3.8) is 0 Å². The monoisotopic (exact) mass is 283 g/mol. The summed E-state index contributed by atoms with van der Waals surface area (Å²) in [5.41, 5.74) is 9.03. The van der Waals surface area contributed by atoms with E-state index in [1.807, 2.05) is 32.0 Å². The van der Waals surface area contributed by atoms with E-state index in [-0.39, 0.29) is 6.04 Å². The van der Waals surface area contributed by atoms with E-state index in [4.69, 9.17) is 28.9 Å². The van der Waals surface area contributed by atoms with E-state index in [0.29, 0.717) is 10.0 Å².